The fourth-order valence-electron chi connectivity index (χ4n) is 6.04. The number of benzene rings is 1. The lowest BCUT2D eigenvalue weighted by molar-refractivity contribution is -0.152. The van der Waals surface area contributed by atoms with Crippen molar-refractivity contribution in [2.75, 3.05) is 32.8 Å². The van der Waals surface area contributed by atoms with E-state index in [9.17, 15) is 4.79 Å². The molecule has 0 unspecified atom stereocenters. The quantitative estimate of drug-likeness (QED) is 0.690. The molecule has 1 amide bonds. The highest BCUT2D eigenvalue weighted by Crippen LogP contribution is 2.53. The molecule has 0 radical (unpaired) electrons. The molecule has 1 aromatic rings. The molecule has 3 fully saturated rings. The smallest absolute Gasteiger partial charge is 0.219 e. The molecule has 4 aliphatic rings. The number of carbonyl (C=O) groups excluding carboxylic acids is 1. The van der Waals surface area contributed by atoms with Crippen LogP contribution in [0.4, 0.5) is 0 Å². The minimum atomic E-state index is -0.123. The van der Waals surface area contributed by atoms with Crippen LogP contribution in [0.5, 0.6) is 5.75 Å². The Bertz CT molecular complexity index is 769. The number of piperidine rings is 2. The van der Waals surface area contributed by atoms with E-state index in [4.69, 9.17) is 21.1 Å². The highest BCUT2D eigenvalue weighted by atomic mass is 35.5. The van der Waals surface area contributed by atoms with Crippen LogP contribution in [0.25, 0.3) is 0 Å². The van der Waals surface area contributed by atoms with Gasteiger partial charge in [-0.2, -0.15) is 0 Å². The summed E-state index contributed by atoms with van der Waals surface area (Å²) < 4.78 is 13.0. The molecule has 5 rings (SSSR count). The fourth-order valence-corrected chi connectivity index (χ4v) is 6.22. The van der Waals surface area contributed by atoms with Gasteiger partial charge in [0.15, 0.2) is 0 Å². The molecule has 0 bridgehead atoms. The van der Waals surface area contributed by atoms with Crippen molar-refractivity contribution < 1.29 is 14.3 Å². The predicted octanol–water partition coefficient (Wildman–Crippen LogP) is 4.05. The highest BCUT2D eigenvalue weighted by molar-refractivity contribution is 6.30. The van der Waals surface area contributed by atoms with Crippen molar-refractivity contribution in [3.63, 3.8) is 0 Å². The molecule has 1 aromatic carbocycles. The Morgan fingerprint density at radius 1 is 1.14 bits per heavy atom. The van der Waals surface area contributed by atoms with Gasteiger partial charge in [-0.15, -0.1) is 0 Å². The van der Waals surface area contributed by atoms with Gasteiger partial charge in [0, 0.05) is 75.1 Å². The van der Waals surface area contributed by atoms with Gasteiger partial charge in [0.1, 0.15) is 11.4 Å². The number of ether oxygens (including phenoxy) is 2. The number of halogens is 1. The molecule has 5 nitrogen and oxygen atoms in total. The first kappa shape index (κ1) is 19.7. The van der Waals surface area contributed by atoms with E-state index in [0.717, 1.165) is 87.6 Å². The molecule has 3 saturated heterocycles. The molecule has 4 aliphatic heterocycles. The molecule has 2 atom stereocenters. The number of carbonyl (C=O) groups is 1. The van der Waals surface area contributed by atoms with Crippen molar-refractivity contribution in [1.82, 2.24) is 9.80 Å². The van der Waals surface area contributed by atoms with E-state index in [-0.39, 0.29) is 17.6 Å². The summed E-state index contributed by atoms with van der Waals surface area (Å²) in [4.78, 5) is 16.2. The van der Waals surface area contributed by atoms with E-state index in [0.29, 0.717) is 12.0 Å². The van der Waals surface area contributed by atoms with Crippen LogP contribution < -0.4 is 4.74 Å². The highest BCUT2D eigenvalue weighted by Gasteiger charge is 2.52. The average molecular weight is 419 g/mol. The van der Waals surface area contributed by atoms with Crippen LogP contribution in [0.2, 0.25) is 5.02 Å². The first-order chi connectivity index (χ1) is 14.1. The van der Waals surface area contributed by atoms with Gasteiger partial charge in [-0.05, 0) is 43.9 Å². The fraction of sp³-hybridized carbons (Fsp3) is 0.696. The molecule has 158 valence electrons. The van der Waals surface area contributed by atoms with Gasteiger partial charge in [0.05, 0.1) is 6.10 Å². The normalized spacial score (nSPS) is 29.8. The Morgan fingerprint density at radius 3 is 2.62 bits per heavy atom. The first-order valence-corrected chi connectivity index (χ1v) is 11.5. The third-order valence-corrected chi connectivity index (χ3v) is 7.90. The molecule has 0 N–H and O–H groups in total. The van der Waals surface area contributed by atoms with E-state index in [2.05, 4.69) is 4.90 Å². The molecule has 0 aromatic heterocycles. The Hall–Kier alpha value is -1.30. The summed E-state index contributed by atoms with van der Waals surface area (Å²) in [5.41, 5.74) is 1.01. The van der Waals surface area contributed by atoms with Gasteiger partial charge in [-0.1, -0.05) is 11.6 Å². The zero-order valence-corrected chi connectivity index (χ0v) is 18.0. The van der Waals surface area contributed by atoms with Gasteiger partial charge >= 0.3 is 0 Å². The lowest BCUT2D eigenvalue weighted by Gasteiger charge is -2.54. The second-order valence-corrected chi connectivity index (χ2v) is 9.60. The van der Waals surface area contributed by atoms with Crippen LogP contribution in [-0.4, -0.2) is 60.1 Å². The third-order valence-electron chi connectivity index (χ3n) is 7.66. The first-order valence-electron chi connectivity index (χ1n) is 11.2. The van der Waals surface area contributed by atoms with Gasteiger partial charge in [-0.3, -0.25) is 9.69 Å². The third kappa shape index (κ3) is 3.55. The van der Waals surface area contributed by atoms with Gasteiger partial charge < -0.3 is 14.4 Å². The minimum Gasteiger partial charge on any atom is -0.486 e. The molecular weight excluding hydrogens is 388 g/mol. The summed E-state index contributed by atoms with van der Waals surface area (Å²) in [6.45, 7) is 6.42. The maximum absolute atomic E-state index is 11.6. The maximum Gasteiger partial charge on any atom is 0.219 e. The number of hydrogen-bond donors (Lipinski definition) is 0. The van der Waals surface area contributed by atoms with Gasteiger partial charge in [-0.25, -0.2) is 0 Å². The van der Waals surface area contributed by atoms with Crippen molar-refractivity contribution in [2.24, 2.45) is 5.92 Å². The van der Waals surface area contributed by atoms with Crippen molar-refractivity contribution in [3.8, 4) is 5.75 Å². The van der Waals surface area contributed by atoms with Crippen molar-refractivity contribution >= 4 is 17.5 Å². The Morgan fingerprint density at radius 2 is 1.90 bits per heavy atom. The van der Waals surface area contributed by atoms with E-state index in [1.165, 1.54) is 0 Å². The van der Waals surface area contributed by atoms with Crippen LogP contribution in [-0.2, 0) is 9.53 Å². The molecule has 4 heterocycles. The summed E-state index contributed by atoms with van der Waals surface area (Å²) >= 11 is 6.28. The Kier molecular flexibility index (Phi) is 5.25. The standard InChI is InChI=1S/C23H31ClN2O3/c1-16(27)25-10-6-18(7-11-25)26-12-8-23(9-13-26)20-3-2-14-28-22(20)19-15-17(24)4-5-21(19)29-23/h4-5,15,18,20,22H,2-3,6-14H2,1H3/t20-,22+/m0/s1. The molecule has 1 spiro atoms. The topological polar surface area (TPSA) is 42.0 Å². The van der Waals surface area contributed by atoms with Crippen LogP contribution in [0.15, 0.2) is 18.2 Å². The number of hydrogen-bond acceptors (Lipinski definition) is 4. The van der Waals surface area contributed by atoms with Crippen LogP contribution in [0.3, 0.4) is 0 Å². The van der Waals surface area contributed by atoms with E-state index in [1.54, 1.807) is 6.92 Å². The number of rotatable bonds is 1. The second kappa shape index (κ2) is 7.75. The summed E-state index contributed by atoms with van der Waals surface area (Å²) in [7, 11) is 0. The maximum atomic E-state index is 11.6. The van der Waals surface area contributed by atoms with Crippen molar-refractivity contribution in [3.05, 3.63) is 28.8 Å². The number of fused-ring (bicyclic) bond motifs is 4. The lowest BCUT2D eigenvalue weighted by atomic mass is 9.69. The molecule has 0 saturated carbocycles. The Labute approximate surface area is 178 Å². The summed E-state index contributed by atoms with van der Waals surface area (Å²) in [5, 5.41) is 0.753. The summed E-state index contributed by atoms with van der Waals surface area (Å²) in [6.07, 6.45) is 6.65. The van der Waals surface area contributed by atoms with E-state index < -0.39 is 0 Å². The second-order valence-electron chi connectivity index (χ2n) is 9.16. The van der Waals surface area contributed by atoms with E-state index >= 15 is 0 Å². The summed E-state index contributed by atoms with van der Waals surface area (Å²) in [5.74, 6) is 1.57. The average Bonchev–Trinajstić information content (AvgIpc) is 2.75. The van der Waals surface area contributed by atoms with Crippen molar-refractivity contribution in [1.29, 1.82) is 0 Å². The lowest BCUT2D eigenvalue weighted by Crippen LogP contribution is -2.59. The molecule has 6 heteroatoms. The predicted molar refractivity (Wildman–Crippen MR) is 112 cm³/mol. The van der Waals surface area contributed by atoms with Crippen LogP contribution in [0.1, 0.15) is 57.1 Å². The molecule has 29 heavy (non-hydrogen) atoms. The van der Waals surface area contributed by atoms with E-state index in [1.807, 2.05) is 23.1 Å². The SMILES string of the molecule is CC(=O)N1CCC(N2CCC3(CC2)Oc2ccc(Cl)cc2[C@H]2OCCC[C@@H]23)CC1. The molecular formula is C23H31ClN2O3. The number of nitrogens with zero attached hydrogens (tertiary/aromatic N) is 2. The Balaban J connectivity index is 1.31. The number of likely N-dealkylation sites (tertiary alicyclic amines) is 2. The largest absolute Gasteiger partial charge is 0.486 e. The number of amides is 1. The van der Waals surface area contributed by atoms with Gasteiger partial charge in [0.2, 0.25) is 5.91 Å². The monoisotopic (exact) mass is 418 g/mol. The van der Waals surface area contributed by atoms with Gasteiger partial charge in [0.25, 0.3) is 0 Å². The zero-order valence-electron chi connectivity index (χ0n) is 17.2. The van der Waals surface area contributed by atoms with Crippen LogP contribution in [0, 0.1) is 5.92 Å². The van der Waals surface area contributed by atoms with Crippen LogP contribution >= 0.6 is 11.6 Å². The summed E-state index contributed by atoms with van der Waals surface area (Å²) in [6, 6.07) is 6.58. The molecule has 0 aliphatic carbocycles. The minimum absolute atomic E-state index is 0.108. The van der Waals surface area contributed by atoms with Crippen molar-refractivity contribution in [2.45, 2.75) is 63.2 Å². The zero-order chi connectivity index (χ0) is 20.0.